The zero-order valence-corrected chi connectivity index (χ0v) is 17.7. The minimum absolute atomic E-state index is 0.0974. The fourth-order valence-corrected chi connectivity index (χ4v) is 3.68. The summed E-state index contributed by atoms with van der Waals surface area (Å²) in [5.41, 5.74) is 1.66. The van der Waals surface area contributed by atoms with Crippen molar-refractivity contribution in [3.63, 3.8) is 0 Å². The molecular formula is C21H24N8O2. The Morgan fingerprint density at radius 2 is 2.06 bits per heavy atom. The molecule has 0 unspecified atom stereocenters. The molecule has 0 spiro atoms. The number of anilines is 2. The molecule has 2 N–H and O–H groups in total. The van der Waals surface area contributed by atoms with Gasteiger partial charge in [-0.1, -0.05) is 0 Å². The molecule has 10 nitrogen and oxygen atoms in total. The zero-order chi connectivity index (χ0) is 21.8. The number of pyridine rings is 1. The van der Waals surface area contributed by atoms with Crippen molar-refractivity contribution in [2.75, 3.05) is 26.5 Å². The predicted molar refractivity (Wildman–Crippen MR) is 114 cm³/mol. The number of aromatic amines is 1. The Morgan fingerprint density at radius 1 is 1.19 bits per heavy atom. The molecule has 1 aliphatic rings. The van der Waals surface area contributed by atoms with E-state index >= 15 is 0 Å². The van der Waals surface area contributed by atoms with Crippen molar-refractivity contribution >= 4 is 11.6 Å². The molecule has 0 amide bonds. The molecule has 2 atom stereocenters. The number of hydrogen-bond donors (Lipinski definition) is 2. The number of ether oxygens (including phenoxy) is 2. The zero-order valence-electron chi connectivity index (χ0n) is 17.7. The van der Waals surface area contributed by atoms with Crippen molar-refractivity contribution in [3.05, 3.63) is 36.4 Å². The molecule has 0 bridgehead atoms. The second kappa shape index (κ2) is 8.97. The van der Waals surface area contributed by atoms with Crippen molar-refractivity contribution in [2.24, 2.45) is 0 Å². The molecule has 31 heavy (non-hydrogen) atoms. The van der Waals surface area contributed by atoms with Crippen LogP contribution in [0, 0.1) is 11.3 Å². The lowest BCUT2D eigenvalue weighted by Gasteiger charge is -2.20. The van der Waals surface area contributed by atoms with E-state index in [0.717, 1.165) is 19.3 Å². The molecule has 10 heteroatoms. The van der Waals surface area contributed by atoms with Crippen molar-refractivity contribution in [3.8, 4) is 29.0 Å². The van der Waals surface area contributed by atoms with E-state index in [-0.39, 0.29) is 11.8 Å². The molecule has 1 fully saturated rings. The van der Waals surface area contributed by atoms with E-state index in [1.807, 2.05) is 12.1 Å². The van der Waals surface area contributed by atoms with Gasteiger partial charge in [-0.15, -0.1) is 0 Å². The normalized spacial score (nSPS) is 18.0. The number of nitrogens with one attached hydrogen (secondary N) is 2. The second-order valence-corrected chi connectivity index (χ2v) is 7.55. The number of methoxy groups -OCH3 is 1. The third-order valence-corrected chi connectivity index (χ3v) is 5.33. The Morgan fingerprint density at radius 3 is 2.74 bits per heavy atom. The first-order valence-corrected chi connectivity index (χ1v) is 9.98. The van der Waals surface area contributed by atoms with Gasteiger partial charge in [0.25, 0.3) is 0 Å². The van der Waals surface area contributed by atoms with Gasteiger partial charge in [-0.25, -0.2) is 15.0 Å². The van der Waals surface area contributed by atoms with Gasteiger partial charge in [0, 0.05) is 18.3 Å². The van der Waals surface area contributed by atoms with Crippen molar-refractivity contribution in [1.29, 1.82) is 5.26 Å². The summed E-state index contributed by atoms with van der Waals surface area (Å²) in [6, 6.07) is 6.06. The molecule has 0 aromatic carbocycles. The van der Waals surface area contributed by atoms with Gasteiger partial charge >= 0.3 is 0 Å². The second-order valence-electron chi connectivity index (χ2n) is 7.55. The van der Waals surface area contributed by atoms with Gasteiger partial charge in [0.2, 0.25) is 5.88 Å². The van der Waals surface area contributed by atoms with E-state index in [1.54, 1.807) is 19.4 Å². The first-order valence-electron chi connectivity index (χ1n) is 9.98. The fraction of sp³-hybridized carbons (Fsp3) is 0.381. The molecule has 3 heterocycles. The van der Waals surface area contributed by atoms with Crippen molar-refractivity contribution in [1.82, 2.24) is 30.0 Å². The highest BCUT2D eigenvalue weighted by molar-refractivity contribution is 5.74. The van der Waals surface area contributed by atoms with Gasteiger partial charge in [-0.05, 0) is 39.4 Å². The average Bonchev–Trinajstić information content (AvgIpc) is 3.44. The molecule has 0 aliphatic heterocycles. The van der Waals surface area contributed by atoms with Crippen LogP contribution in [0.3, 0.4) is 0 Å². The van der Waals surface area contributed by atoms with Crippen LogP contribution in [-0.4, -0.2) is 63.4 Å². The highest BCUT2D eigenvalue weighted by Gasteiger charge is 2.29. The lowest BCUT2D eigenvalue weighted by molar-refractivity contribution is 0.186. The van der Waals surface area contributed by atoms with Crippen molar-refractivity contribution in [2.45, 2.75) is 31.4 Å². The fourth-order valence-electron chi connectivity index (χ4n) is 3.68. The minimum atomic E-state index is 0.0974. The summed E-state index contributed by atoms with van der Waals surface area (Å²) in [6.07, 6.45) is 7.69. The van der Waals surface area contributed by atoms with Gasteiger partial charge in [-0.2, -0.15) is 10.4 Å². The van der Waals surface area contributed by atoms with E-state index in [0.29, 0.717) is 40.6 Å². The number of nitriles is 1. The number of H-pyrrole nitrogens is 1. The van der Waals surface area contributed by atoms with Gasteiger partial charge in [-0.3, -0.25) is 5.10 Å². The number of rotatable bonds is 7. The summed E-state index contributed by atoms with van der Waals surface area (Å²) >= 11 is 0. The Kier molecular flexibility index (Phi) is 5.95. The van der Waals surface area contributed by atoms with Gasteiger partial charge < -0.3 is 19.7 Å². The summed E-state index contributed by atoms with van der Waals surface area (Å²) in [7, 11) is 5.81. The maximum Gasteiger partial charge on any atom is 0.227 e. The van der Waals surface area contributed by atoms with Crippen LogP contribution in [0.4, 0.5) is 11.6 Å². The SMILES string of the molecule is COc1ccnc(O[C@H]2CC[C@H](N(C)C)C2)c1-c1cc(Nc2cnc(C#N)cn2)n[nH]1. The van der Waals surface area contributed by atoms with Gasteiger partial charge in [0.15, 0.2) is 11.5 Å². The monoisotopic (exact) mass is 420 g/mol. The molecule has 0 saturated heterocycles. The van der Waals surface area contributed by atoms with Crippen LogP contribution in [0.1, 0.15) is 25.0 Å². The van der Waals surface area contributed by atoms with Gasteiger partial charge in [0.05, 0.1) is 25.2 Å². The summed E-state index contributed by atoms with van der Waals surface area (Å²) in [4.78, 5) is 14.9. The van der Waals surface area contributed by atoms with Crippen LogP contribution in [0.25, 0.3) is 11.3 Å². The molecule has 1 saturated carbocycles. The lowest BCUT2D eigenvalue weighted by Crippen LogP contribution is -2.26. The molecule has 3 aromatic heterocycles. The molecule has 3 aromatic rings. The quantitative estimate of drug-likeness (QED) is 0.593. The number of hydrogen-bond acceptors (Lipinski definition) is 9. The first kappa shape index (κ1) is 20.6. The van der Waals surface area contributed by atoms with E-state index in [1.165, 1.54) is 12.4 Å². The summed E-state index contributed by atoms with van der Waals surface area (Å²) < 4.78 is 11.9. The maximum absolute atomic E-state index is 8.84. The van der Waals surface area contributed by atoms with E-state index in [9.17, 15) is 0 Å². The molecule has 160 valence electrons. The standard InChI is InChI=1S/C21H24N8O2/c1-29(2)14-4-5-15(8-14)31-21-20(17(30-3)6-7-23-21)16-9-18(28-27-16)26-19-12-24-13(10-22)11-25-19/h6-7,9,11-12,14-15H,4-5,8H2,1-3H3,(H2,25,26,27,28)/t14-,15-/m0/s1. The Hall–Kier alpha value is -3.71. The third kappa shape index (κ3) is 4.57. The van der Waals surface area contributed by atoms with E-state index in [2.05, 4.69) is 49.5 Å². The summed E-state index contributed by atoms with van der Waals surface area (Å²) in [5, 5.41) is 19.2. The van der Waals surface area contributed by atoms with Crippen LogP contribution in [-0.2, 0) is 0 Å². The van der Waals surface area contributed by atoms with Crippen LogP contribution < -0.4 is 14.8 Å². The smallest absolute Gasteiger partial charge is 0.227 e. The highest BCUT2D eigenvalue weighted by atomic mass is 16.5. The maximum atomic E-state index is 8.84. The average molecular weight is 420 g/mol. The van der Waals surface area contributed by atoms with Crippen LogP contribution in [0.5, 0.6) is 11.6 Å². The minimum Gasteiger partial charge on any atom is -0.496 e. The van der Waals surface area contributed by atoms with E-state index < -0.39 is 0 Å². The Labute approximate surface area is 180 Å². The topological polar surface area (TPSA) is 125 Å². The van der Waals surface area contributed by atoms with Crippen LogP contribution in [0.15, 0.2) is 30.7 Å². The Balaban J connectivity index is 1.56. The summed E-state index contributed by atoms with van der Waals surface area (Å²) in [5.74, 6) is 2.17. The molecule has 1 aliphatic carbocycles. The van der Waals surface area contributed by atoms with Crippen LogP contribution >= 0.6 is 0 Å². The number of nitrogens with zero attached hydrogens (tertiary/aromatic N) is 6. The first-order chi connectivity index (χ1) is 15.1. The lowest BCUT2D eigenvalue weighted by atomic mass is 10.1. The van der Waals surface area contributed by atoms with Crippen molar-refractivity contribution < 1.29 is 9.47 Å². The third-order valence-electron chi connectivity index (χ3n) is 5.33. The molecule has 4 rings (SSSR count). The highest BCUT2D eigenvalue weighted by Crippen LogP contribution is 2.38. The Bertz CT molecular complexity index is 1070. The predicted octanol–water partition coefficient (Wildman–Crippen LogP) is 2.75. The molecule has 0 radical (unpaired) electrons. The van der Waals surface area contributed by atoms with Gasteiger partial charge in [0.1, 0.15) is 29.3 Å². The summed E-state index contributed by atoms with van der Waals surface area (Å²) in [6.45, 7) is 0. The number of aromatic nitrogens is 5. The van der Waals surface area contributed by atoms with E-state index in [4.69, 9.17) is 14.7 Å². The molecular weight excluding hydrogens is 396 g/mol. The van der Waals surface area contributed by atoms with Crippen LogP contribution in [0.2, 0.25) is 0 Å². The largest absolute Gasteiger partial charge is 0.496 e.